The van der Waals surface area contributed by atoms with Crippen molar-refractivity contribution >= 4 is 29.5 Å². The molecule has 856 valence electrons. The number of carbonyl (C=O) groups is 5. The number of amides is 5. The van der Waals surface area contributed by atoms with E-state index in [0.29, 0.717) is 0 Å². The lowest BCUT2D eigenvalue weighted by molar-refractivity contribution is -0.406. The van der Waals surface area contributed by atoms with Crippen LogP contribution in [0.15, 0.2) is 0 Å². The number of aliphatic hydroxyl groups is 33. The summed E-state index contributed by atoms with van der Waals surface area (Å²) in [5, 5.41) is 384. The summed E-state index contributed by atoms with van der Waals surface area (Å²) in [6.07, 6.45) is -121. The minimum absolute atomic E-state index is 0.855. The number of ether oxygens (including phenoxy) is 23. The Morgan fingerprint density at radius 2 is 0.378 bits per heavy atom. The summed E-state index contributed by atoms with van der Waals surface area (Å²) in [4.78, 5) is 65.7. The number of aliphatic hydroxyl groups excluding tert-OH is 33. The van der Waals surface area contributed by atoms with E-state index < -0.39 is 477 Å². The summed E-state index contributed by atoms with van der Waals surface area (Å²) >= 11 is 0. The number of hydrogen-bond acceptors (Lipinski definition) is 61. The maximum absolute atomic E-state index is 13.5. The van der Waals surface area contributed by atoms with Crippen molar-refractivity contribution in [3.05, 3.63) is 0 Å². The number of carbonyl (C=O) groups excluding carboxylic acids is 5. The van der Waals surface area contributed by atoms with E-state index in [2.05, 4.69) is 26.6 Å². The van der Waals surface area contributed by atoms with Gasteiger partial charge in [0.1, 0.15) is 293 Å². The smallest absolute Gasteiger partial charge is 0.217 e. The summed E-state index contributed by atoms with van der Waals surface area (Å²) in [5.74, 6) is -5.06. The van der Waals surface area contributed by atoms with Crippen LogP contribution in [0, 0.1) is 0 Å². The second-order valence-electron chi connectivity index (χ2n) is 37.4. The van der Waals surface area contributed by atoms with Crippen molar-refractivity contribution in [3.8, 4) is 0 Å². The first kappa shape index (κ1) is 122. The Bertz CT molecular complexity index is 4130. The van der Waals surface area contributed by atoms with Crippen molar-refractivity contribution in [2.45, 2.75) is 403 Å². The van der Waals surface area contributed by atoms with Crippen LogP contribution in [0.4, 0.5) is 0 Å². The molecule has 0 radical (unpaired) electrons. The Labute approximate surface area is 837 Å². The van der Waals surface area contributed by atoms with Gasteiger partial charge in [-0.25, -0.2) is 0 Å². The van der Waals surface area contributed by atoms with Gasteiger partial charge in [0.2, 0.25) is 29.5 Å². The van der Waals surface area contributed by atoms with Crippen LogP contribution in [0.5, 0.6) is 0 Å². The summed E-state index contributed by atoms with van der Waals surface area (Å²) in [7, 11) is 0. The van der Waals surface area contributed by atoms with Gasteiger partial charge in [0.05, 0.1) is 79.3 Å². The molecule has 0 aromatic heterocycles. The van der Waals surface area contributed by atoms with Gasteiger partial charge in [0.15, 0.2) is 75.5 Å². The molecule has 12 rings (SSSR count). The lowest BCUT2D eigenvalue weighted by Gasteiger charge is -2.52. The average molecular weight is 2170 g/mol. The quantitative estimate of drug-likeness (QED) is 0.0272. The number of nitrogens with one attached hydrogen (secondary N) is 5. The third-order valence-electron chi connectivity index (χ3n) is 27.1. The molecule has 66 heteroatoms. The highest BCUT2D eigenvalue weighted by atomic mass is 16.8. The van der Waals surface area contributed by atoms with Gasteiger partial charge in [-0.05, 0) is 0 Å². The molecule has 38 N–H and O–H groups in total. The van der Waals surface area contributed by atoms with Crippen LogP contribution in [0.25, 0.3) is 0 Å². The van der Waals surface area contributed by atoms with Crippen molar-refractivity contribution in [2.75, 3.05) is 79.3 Å². The second kappa shape index (κ2) is 53.4. The molecular formula is C82H137N5O61. The zero-order valence-electron chi connectivity index (χ0n) is 79.3. The van der Waals surface area contributed by atoms with Crippen LogP contribution in [0.2, 0.25) is 0 Å². The van der Waals surface area contributed by atoms with Crippen molar-refractivity contribution in [1.29, 1.82) is 0 Å². The van der Waals surface area contributed by atoms with Gasteiger partial charge >= 0.3 is 0 Å². The third kappa shape index (κ3) is 26.9. The molecule has 0 aromatic rings. The first-order valence-electron chi connectivity index (χ1n) is 47.2. The molecule has 60 atom stereocenters. The molecule has 0 saturated carbocycles. The van der Waals surface area contributed by atoms with Gasteiger partial charge < -0.3 is 304 Å². The maximum Gasteiger partial charge on any atom is 0.217 e. The highest BCUT2D eigenvalue weighted by Crippen LogP contribution is 2.43. The summed E-state index contributed by atoms with van der Waals surface area (Å²) in [5.41, 5.74) is 0. The molecule has 0 aliphatic carbocycles. The fourth-order valence-electron chi connectivity index (χ4n) is 19.2. The monoisotopic (exact) mass is 2170 g/mol. The molecule has 0 aromatic carbocycles. The van der Waals surface area contributed by atoms with Crippen molar-refractivity contribution in [2.24, 2.45) is 0 Å². The molecule has 0 spiro atoms. The van der Waals surface area contributed by atoms with E-state index in [4.69, 9.17) is 109 Å². The van der Waals surface area contributed by atoms with E-state index in [9.17, 15) is 192 Å². The Morgan fingerprint density at radius 1 is 0.176 bits per heavy atom. The maximum atomic E-state index is 13.5. The van der Waals surface area contributed by atoms with Crippen molar-refractivity contribution in [3.63, 3.8) is 0 Å². The van der Waals surface area contributed by atoms with E-state index in [1.807, 2.05) is 0 Å². The molecule has 5 amide bonds. The lowest BCUT2D eigenvalue weighted by atomic mass is 9.93. The van der Waals surface area contributed by atoms with Crippen LogP contribution in [-0.4, -0.2) is 645 Å². The Balaban J connectivity index is 0.931. The fourth-order valence-corrected chi connectivity index (χ4v) is 19.2. The van der Waals surface area contributed by atoms with Crippen LogP contribution < -0.4 is 26.6 Å². The SMILES string of the molecule is CC(=O)N[C@H]1[C@H](OC[C@H]2O[C@H](OC[C@H]3O[C@@H](O[C@H]4[C@H](O)[C@@H](NC(C)=O)C(O)O[C@@H]4CO)[C@@H](O)[C@@H](O[C@H]4O[C@H](CO)[C@@H](O[C@@H]5O[C@H](CO)[C@@H](O[C@@H]6O[C@H](CO)[C@H](O)[C@H](O)[C@H]6O)[C@H](O)[C@H]5NC(C)=O)[C@H](O)[C@@H]4O[C@@H]4O[C@H](CO)[C@@H](O[C@@H]5O[C@H](CO)[C@H](O)[C@H](O)[C@H]5O)[C@H](O)[C@H]4NC(C)=O)[C@@H]3O)[C@@H](O[C@@H]3O[C@H](CO)[C@@H](O[C@@H]4O[C@H](CO)[C@H](O)[C@H](O)[C@H]4O)[C@H](O)[C@H]3NC(C)=O)[C@@H](O)[C@@H]2O)O[C@H](CO)[C@@H](O[C@@H]2O[C@H](CO)[C@@H](O)[C@H](O)[C@H]2O)[C@@H]1O. The van der Waals surface area contributed by atoms with Crippen molar-refractivity contribution in [1.82, 2.24) is 26.6 Å². The summed E-state index contributed by atoms with van der Waals surface area (Å²) in [6, 6.07) is -10.1. The topological polar surface area (TPSA) is 1030 Å². The van der Waals surface area contributed by atoms with Crippen LogP contribution in [0.1, 0.15) is 34.6 Å². The van der Waals surface area contributed by atoms with E-state index in [-0.39, 0.29) is 0 Å². The van der Waals surface area contributed by atoms with Gasteiger partial charge in [0, 0.05) is 34.6 Å². The van der Waals surface area contributed by atoms with E-state index in [1.54, 1.807) is 0 Å². The Hall–Kier alpha value is -4.89. The standard InChI is InChI=1S/C82H137N5O61/c1-18(98)83-35-46(109)62(27(10-92)128-71(35)125)145-80-61(124)68(146-82-70(148-75-39(87-22(5)102)50(113)66(31(14-96)136-75)144-79-59(122)54(117)43(106)26(9-91)132-79)60(123)67(32(15-97)137-82)140-73-37(85-20(3)100)48(111)64(29(12-94)134-73)142-77-57(120)52(115)41(104)24(7-89)130-77)45(108)34(138-80)17-127-81-69(147-74-38(86-21(4)101)49(112)65(30(13-95)135-74)143-78-58(121)53(116)42(105)25(8-90)131-78)55(118)44(107)33(139-81)16-126-72-36(84-19(2)99)47(110)63(28(11-93)133-72)141-76-56(119)51(114)40(103)23(6-88)129-76/h23-82,88-97,103-125H,6-17H2,1-5H3,(H,83,98)(H,84,99)(H,85,100)(H,86,101)(H,87,102)/t23-,24-,25-,26-,27-,28-,29-,30-,31-,32-,33-,34-,35-,36-,37-,38-,39-,40-,41+,42+,43+,44-,45-,46-,47-,48-,49-,50-,51+,52+,53+,54+,55+,56-,57-,58-,59-,60+,61+,62-,63-,64-,65-,66-,67-,68+,69+,70+,71?,72-,73+,74+,75+,76+,77+,78+,79+,80+,81+,82-/m1/s1. The van der Waals surface area contributed by atoms with Gasteiger partial charge in [-0.15, -0.1) is 0 Å². The van der Waals surface area contributed by atoms with Crippen LogP contribution in [-0.2, 0) is 133 Å². The first-order valence-corrected chi connectivity index (χ1v) is 47.2. The predicted molar refractivity (Wildman–Crippen MR) is 453 cm³/mol. The molecule has 148 heavy (non-hydrogen) atoms. The summed E-state index contributed by atoms with van der Waals surface area (Å²) in [6.45, 7) is -9.77. The zero-order chi connectivity index (χ0) is 109. The van der Waals surface area contributed by atoms with Crippen molar-refractivity contribution < 1.29 is 301 Å². The van der Waals surface area contributed by atoms with E-state index in [1.165, 1.54) is 0 Å². The van der Waals surface area contributed by atoms with E-state index >= 15 is 0 Å². The average Bonchev–Trinajstić information content (AvgIpc) is 0.758. The minimum atomic E-state index is -2.76. The number of rotatable bonds is 39. The molecular weight excluding hydrogens is 2030 g/mol. The molecule has 12 heterocycles. The fraction of sp³-hybridized carbons (Fsp3) is 0.939. The molecule has 12 fully saturated rings. The van der Waals surface area contributed by atoms with Gasteiger partial charge in [0.25, 0.3) is 0 Å². The van der Waals surface area contributed by atoms with Crippen LogP contribution in [0.3, 0.4) is 0 Å². The lowest BCUT2D eigenvalue weighted by Crippen LogP contribution is -2.71. The Morgan fingerprint density at radius 3 is 0.689 bits per heavy atom. The predicted octanol–water partition coefficient (Wildman–Crippen LogP) is -26.4. The third-order valence-corrected chi connectivity index (χ3v) is 27.1. The molecule has 1 unspecified atom stereocenters. The van der Waals surface area contributed by atoms with E-state index in [0.717, 1.165) is 34.6 Å². The first-order chi connectivity index (χ1) is 70.1. The molecule has 12 aliphatic rings. The normalized spacial score (nSPS) is 49.3. The molecule has 12 saturated heterocycles. The van der Waals surface area contributed by atoms with Gasteiger partial charge in [-0.1, -0.05) is 0 Å². The Kier molecular flexibility index (Phi) is 43.9. The largest absolute Gasteiger partial charge is 0.394 e. The van der Waals surface area contributed by atoms with Gasteiger partial charge in [-0.3, -0.25) is 24.0 Å². The molecule has 66 nitrogen and oxygen atoms in total. The van der Waals surface area contributed by atoms with Gasteiger partial charge in [-0.2, -0.15) is 0 Å². The van der Waals surface area contributed by atoms with Crippen LogP contribution >= 0.6 is 0 Å². The number of hydrogen-bond donors (Lipinski definition) is 38. The molecule has 12 aliphatic heterocycles. The highest BCUT2D eigenvalue weighted by Gasteiger charge is 2.64. The summed E-state index contributed by atoms with van der Waals surface area (Å²) < 4.78 is 138. The highest BCUT2D eigenvalue weighted by molar-refractivity contribution is 5.75. The zero-order valence-corrected chi connectivity index (χ0v) is 79.3. The second-order valence-corrected chi connectivity index (χ2v) is 37.4. The molecule has 0 bridgehead atoms. The minimum Gasteiger partial charge on any atom is -0.394 e.